The highest BCUT2D eigenvalue weighted by molar-refractivity contribution is 5.91. The molecule has 0 fully saturated rings. The Morgan fingerprint density at radius 1 is 0.293 bits per heavy atom. The van der Waals surface area contributed by atoms with Crippen LogP contribution in [0, 0.1) is 0 Å². The van der Waals surface area contributed by atoms with Gasteiger partial charge in [-0.25, -0.2) is 0 Å². The lowest BCUT2D eigenvalue weighted by Gasteiger charge is -2.26. The maximum Gasteiger partial charge on any atom is 0.0462 e. The third-order valence-corrected chi connectivity index (χ3v) is 11.3. The highest BCUT2D eigenvalue weighted by atomic mass is 15.1. The van der Waals surface area contributed by atoms with Crippen molar-refractivity contribution in [1.29, 1.82) is 0 Å². The average molecular weight is 743 g/mol. The molecule has 0 amide bonds. The minimum absolute atomic E-state index is 0.979. The van der Waals surface area contributed by atoms with Crippen LogP contribution in [0.25, 0.3) is 35.5 Å². The summed E-state index contributed by atoms with van der Waals surface area (Å²) in [5.41, 5.74) is 19.8. The molecule has 8 aromatic rings. The molecule has 0 unspecified atom stereocenters. The topological polar surface area (TPSA) is 6.48 Å². The SMILES string of the molecule is C1=C(c2ccc(N(c3ccccc3)c3ccc(/C=C/c4ccc(N(c5ccccc5)c5ccc(C6=Cc7ccccc7C6)cc5)cc4)cc3)cc2)Cc2ccccc21. The van der Waals surface area contributed by atoms with E-state index in [0.717, 1.165) is 58.1 Å². The maximum atomic E-state index is 2.33. The summed E-state index contributed by atoms with van der Waals surface area (Å²) in [6.07, 6.45) is 11.0. The number of benzene rings is 8. The van der Waals surface area contributed by atoms with Crippen LogP contribution in [0.1, 0.15) is 44.5 Å². The first-order chi connectivity index (χ1) is 28.7. The van der Waals surface area contributed by atoms with Crippen LogP contribution < -0.4 is 9.80 Å². The fourth-order valence-electron chi connectivity index (χ4n) is 8.29. The summed E-state index contributed by atoms with van der Waals surface area (Å²) in [5.74, 6) is 0. The summed E-state index contributed by atoms with van der Waals surface area (Å²) < 4.78 is 0. The zero-order chi connectivity index (χ0) is 38.7. The van der Waals surface area contributed by atoms with Crippen molar-refractivity contribution in [2.75, 3.05) is 9.80 Å². The smallest absolute Gasteiger partial charge is 0.0462 e. The molecule has 2 aliphatic rings. The van der Waals surface area contributed by atoms with Gasteiger partial charge in [0.25, 0.3) is 0 Å². The van der Waals surface area contributed by atoms with Gasteiger partial charge in [-0.15, -0.1) is 0 Å². The molecule has 2 aliphatic carbocycles. The predicted octanol–water partition coefficient (Wildman–Crippen LogP) is 15.0. The standard InChI is InChI=1S/C56H42N2/c1-3-15-51(16-4-1)57(55-33-25-43(26-34-55)49-37-45-11-7-8-12-46(45)38-49)53-29-21-41(22-30-53)19-20-42-23-31-54(32-24-42)58(52-17-5-2-6-18-52)56-35-27-44(28-36-56)50-39-47-13-9-10-14-48(47)40-50/h1-37,39H,38,40H2/b20-19+. The molecule has 0 aliphatic heterocycles. The lowest BCUT2D eigenvalue weighted by molar-refractivity contribution is 1.27. The molecule has 0 saturated heterocycles. The van der Waals surface area contributed by atoms with Crippen LogP contribution in [0.15, 0.2) is 206 Å². The molecule has 0 radical (unpaired) electrons. The van der Waals surface area contributed by atoms with Crippen molar-refractivity contribution >= 4 is 69.6 Å². The Morgan fingerprint density at radius 3 is 0.966 bits per heavy atom. The molecule has 2 nitrogen and oxygen atoms in total. The van der Waals surface area contributed by atoms with E-state index in [9.17, 15) is 0 Å². The maximum absolute atomic E-state index is 2.33. The quantitative estimate of drug-likeness (QED) is 0.129. The fourth-order valence-corrected chi connectivity index (χ4v) is 8.29. The van der Waals surface area contributed by atoms with E-state index in [0.29, 0.717) is 0 Å². The first-order valence-electron chi connectivity index (χ1n) is 20.1. The Kier molecular flexibility index (Phi) is 9.43. The van der Waals surface area contributed by atoms with Crippen molar-refractivity contribution in [2.45, 2.75) is 12.8 Å². The van der Waals surface area contributed by atoms with E-state index in [1.54, 1.807) is 0 Å². The second-order valence-electron chi connectivity index (χ2n) is 15.0. The number of fused-ring (bicyclic) bond motifs is 2. The molecule has 10 rings (SSSR count). The highest BCUT2D eigenvalue weighted by Crippen LogP contribution is 2.39. The minimum atomic E-state index is 0.979. The second-order valence-corrected chi connectivity index (χ2v) is 15.0. The second kappa shape index (κ2) is 15.6. The van der Waals surface area contributed by atoms with Crippen LogP contribution in [-0.2, 0) is 12.8 Å². The Labute approximate surface area is 341 Å². The summed E-state index contributed by atoms with van der Waals surface area (Å²) in [6, 6.07) is 74.2. The number of rotatable bonds is 10. The first kappa shape index (κ1) is 35.0. The predicted molar refractivity (Wildman–Crippen MR) is 247 cm³/mol. The third-order valence-electron chi connectivity index (χ3n) is 11.3. The van der Waals surface area contributed by atoms with Gasteiger partial charge in [-0.1, -0.05) is 158 Å². The average Bonchev–Trinajstić information content (AvgIpc) is 3.94. The highest BCUT2D eigenvalue weighted by Gasteiger charge is 2.18. The minimum Gasteiger partial charge on any atom is -0.311 e. The van der Waals surface area contributed by atoms with Crippen LogP contribution in [0.2, 0.25) is 0 Å². The molecule has 58 heavy (non-hydrogen) atoms. The fraction of sp³-hybridized carbons (Fsp3) is 0.0357. The van der Waals surface area contributed by atoms with E-state index in [1.165, 1.54) is 44.5 Å². The molecular formula is C56H42N2. The molecule has 0 N–H and O–H groups in total. The number of allylic oxidation sites excluding steroid dienone is 2. The number of hydrogen-bond acceptors (Lipinski definition) is 2. The lowest BCUT2D eigenvalue weighted by atomic mass is 10.0. The van der Waals surface area contributed by atoms with Crippen LogP contribution in [-0.4, -0.2) is 0 Å². The summed E-state index contributed by atoms with van der Waals surface area (Å²) in [7, 11) is 0. The van der Waals surface area contributed by atoms with Gasteiger partial charge >= 0.3 is 0 Å². The van der Waals surface area contributed by atoms with Gasteiger partial charge in [-0.05, 0) is 141 Å². The van der Waals surface area contributed by atoms with Gasteiger partial charge in [0.05, 0.1) is 0 Å². The van der Waals surface area contributed by atoms with Gasteiger partial charge in [-0.2, -0.15) is 0 Å². The van der Waals surface area contributed by atoms with Gasteiger partial charge in [0.1, 0.15) is 0 Å². The van der Waals surface area contributed by atoms with E-state index in [2.05, 4.69) is 240 Å². The van der Waals surface area contributed by atoms with Gasteiger partial charge in [0, 0.05) is 34.1 Å². The third kappa shape index (κ3) is 7.20. The number of para-hydroxylation sites is 2. The monoisotopic (exact) mass is 742 g/mol. The van der Waals surface area contributed by atoms with Gasteiger partial charge in [0.2, 0.25) is 0 Å². The number of anilines is 6. The van der Waals surface area contributed by atoms with E-state index < -0.39 is 0 Å². The molecule has 276 valence electrons. The number of hydrogen-bond donors (Lipinski definition) is 0. The molecule has 0 aromatic heterocycles. The van der Waals surface area contributed by atoms with Crippen LogP contribution in [0.5, 0.6) is 0 Å². The lowest BCUT2D eigenvalue weighted by Crippen LogP contribution is -2.09. The molecular weight excluding hydrogens is 701 g/mol. The van der Waals surface area contributed by atoms with E-state index >= 15 is 0 Å². The Morgan fingerprint density at radius 2 is 0.603 bits per heavy atom. The van der Waals surface area contributed by atoms with Crippen molar-refractivity contribution in [1.82, 2.24) is 0 Å². The summed E-state index contributed by atoms with van der Waals surface area (Å²) >= 11 is 0. The van der Waals surface area contributed by atoms with Crippen LogP contribution in [0.4, 0.5) is 34.1 Å². The normalized spacial score (nSPS) is 12.8. The van der Waals surface area contributed by atoms with Gasteiger partial charge < -0.3 is 9.80 Å². The van der Waals surface area contributed by atoms with Gasteiger partial charge in [-0.3, -0.25) is 0 Å². The summed E-state index contributed by atoms with van der Waals surface area (Å²) in [5, 5.41) is 0. The van der Waals surface area contributed by atoms with Crippen LogP contribution >= 0.6 is 0 Å². The number of nitrogens with zero attached hydrogens (tertiary/aromatic N) is 2. The molecule has 0 atom stereocenters. The Hall–Kier alpha value is -7.42. The Bertz CT molecular complexity index is 2580. The molecule has 2 heteroatoms. The first-order valence-corrected chi connectivity index (χ1v) is 20.1. The van der Waals surface area contributed by atoms with Crippen molar-refractivity contribution < 1.29 is 0 Å². The molecule has 0 bridgehead atoms. The molecule has 0 saturated carbocycles. The summed E-state index contributed by atoms with van der Waals surface area (Å²) in [4.78, 5) is 4.65. The van der Waals surface area contributed by atoms with Crippen molar-refractivity contribution in [2.24, 2.45) is 0 Å². The Balaban J connectivity index is 0.862. The molecule has 8 aromatic carbocycles. The van der Waals surface area contributed by atoms with E-state index in [1.807, 2.05) is 0 Å². The summed E-state index contributed by atoms with van der Waals surface area (Å²) in [6.45, 7) is 0. The molecule has 0 heterocycles. The largest absolute Gasteiger partial charge is 0.311 e. The van der Waals surface area contributed by atoms with E-state index in [-0.39, 0.29) is 0 Å². The van der Waals surface area contributed by atoms with Gasteiger partial charge in [0.15, 0.2) is 0 Å². The van der Waals surface area contributed by atoms with Crippen molar-refractivity contribution in [3.63, 3.8) is 0 Å². The van der Waals surface area contributed by atoms with Crippen LogP contribution in [0.3, 0.4) is 0 Å². The van der Waals surface area contributed by atoms with Crippen molar-refractivity contribution in [3.8, 4) is 0 Å². The zero-order valence-electron chi connectivity index (χ0n) is 32.2. The zero-order valence-corrected chi connectivity index (χ0v) is 32.2. The molecule has 0 spiro atoms. The van der Waals surface area contributed by atoms with Crippen molar-refractivity contribution in [3.05, 3.63) is 251 Å². The van der Waals surface area contributed by atoms with E-state index in [4.69, 9.17) is 0 Å².